The Hall–Kier alpha value is -2.00. The molecule has 2 saturated heterocycles. The molecule has 0 bridgehead atoms. The standard InChI is InChI=1S/C17H25F3N4.C3H6O2/c1-23-7-6-14(11-23)24-8-4-13(5-9-24)22-16-10-12(17(18,19)20)2-3-15(16)21;1-2-5-3-4/h2-3,10,13-14,22H,4-9,11,21H2,1H3;3H,2H2,1H3/t14-;/m0./s1. The summed E-state index contributed by atoms with van der Waals surface area (Å²) in [4.78, 5) is 14.0. The molecule has 0 unspecified atom stereocenters. The maximum absolute atomic E-state index is 12.9. The third kappa shape index (κ3) is 7.08. The van der Waals surface area contributed by atoms with Crippen molar-refractivity contribution >= 4 is 17.8 Å². The van der Waals surface area contributed by atoms with Gasteiger partial charge in [-0.25, -0.2) is 0 Å². The molecule has 6 nitrogen and oxygen atoms in total. The fourth-order valence-corrected chi connectivity index (χ4v) is 3.76. The van der Waals surface area contributed by atoms with Crippen LogP contribution in [0.15, 0.2) is 18.2 Å². The number of nitrogens with zero attached hydrogens (tertiary/aromatic N) is 2. The molecule has 0 saturated carbocycles. The Labute approximate surface area is 170 Å². The summed E-state index contributed by atoms with van der Waals surface area (Å²) in [5.74, 6) is 0. The van der Waals surface area contributed by atoms with Crippen molar-refractivity contribution in [3.63, 3.8) is 0 Å². The first-order chi connectivity index (χ1) is 13.7. The third-order valence-corrected chi connectivity index (χ3v) is 5.39. The summed E-state index contributed by atoms with van der Waals surface area (Å²) in [5, 5.41) is 3.22. The van der Waals surface area contributed by atoms with E-state index in [1.165, 1.54) is 12.5 Å². The number of rotatable bonds is 5. The highest BCUT2D eigenvalue weighted by Crippen LogP contribution is 2.34. The van der Waals surface area contributed by atoms with Crippen LogP contribution in [0.2, 0.25) is 0 Å². The second-order valence-electron chi connectivity index (χ2n) is 7.51. The van der Waals surface area contributed by atoms with E-state index in [0.717, 1.165) is 51.2 Å². The van der Waals surface area contributed by atoms with Crippen molar-refractivity contribution < 1.29 is 22.7 Å². The van der Waals surface area contributed by atoms with E-state index in [2.05, 4.69) is 26.9 Å². The highest BCUT2D eigenvalue weighted by molar-refractivity contribution is 5.67. The molecule has 1 atom stereocenters. The summed E-state index contributed by atoms with van der Waals surface area (Å²) < 4.78 is 42.7. The Kier molecular flexibility index (Phi) is 8.58. The first-order valence-electron chi connectivity index (χ1n) is 9.95. The summed E-state index contributed by atoms with van der Waals surface area (Å²) in [7, 11) is 2.14. The van der Waals surface area contributed by atoms with E-state index < -0.39 is 11.7 Å². The van der Waals surface area contributed by atoms with Crippen molar-refractivity contribution in [1.82, 2.24) is 9.80 Å². The Morgan fingerprint density at radius 2 is 1.93 bits per heavy atom. The lowest BCUT2D eigenvalue weighted by Gasteiger charge is -2.36. The number of carbonyl (C=O) groups is 1. The number of alkyl halides is 3. The number of ether oxygens (including phenoxy) is 1. The quantitative estimate of drug-likeness (QED) is 0.568. The highest BCUT2D eigenvalue weighted by atomic mass is 19.4. The van der Waals surface area contributed by atoms with Crippen molar-refractivity contribution in [1.29, 1.82) is 0 Å². The monoisotopic (exact) mass is 416 g/mol. The van der Waals surface area contributed by atoms with E-state index >= 15 is 0 Å². The molecule has 0 spiro atoms. The van der Waals surface area contributed by atoms with Gasteiger partial charge in [0.25, 0.3) is 6.47 Å². The first kappa shape index (κ1) is 23.3. The molecular formula is C20H31F3N4O2. The van der Waals surface area contributed by atoms with Crippen molar-refractivity contribution in [2.75, 3.05) is 50.9 Å². The Morgan fingerprint density at radius 3 is 2.41 bits per heavy atom. The minimum absolute atomic E-state index is 0.172. The van der Waals surface area contributed by atoms with Crippen LogP contribution in [-0.4, -0.2) is 68.2 Å². The van der Waals surface area contributed by atoms with Gasteiger partial charge in [0.2, 0.25) is 0 Å². The number of likely N-dealkylation sites (tertiary alicyclic amines) is 2. The fourth-order valence-electron chi connectivity index (χ4n) is 3.76. The van der Waals surface area contributed by atoms with Crippen LogP contribution in [-0.2, 0) is 15.7 Å². The van der Waals surface area contributed by atoms with Crippen LogP contribution < -0.4 is 11.1 Å². The summed E-state index contributed by atoms with van der Waals surface area (Å²) in [6, 6.07) is 4.27. The molecule has 164 valence electrons. The van der Waals surface area contributed by atoms with Crippen molar-refractivity contribution in [3.05, 3.63) is 23.8 Å². The zero-order valence-corrected chi connectivity index (χ0v) is 17.0. The van der Waals surface area contributed by atoms with Gasteiger partial charge >= 0.3 is 6.18 Å². The lowest BCUT2D eigenvalue weighted by Crippen LogP contribution is -2.45. The smallest absolute Gasteiger partial charge is 0.416 e. The number of carbonyl (C=O) groups excluding carboxylic acids is 1. The minimum atomic E-state index is -4.35. The first-order valence-corrected chi connectivity index (χ1v) is 9.95. The molecule has 0 aliphatic carbocycles. The van der Waals surface area contributed by atoms with E-state index in [1.807, 2.05) is 0 Å². The lowest BCUT2D eigenvalue weighted by atomic mass is 10.0. The van der Waals surface area contributed by atoms with Crippen LogP contribution >= 0.6 is 0 Å². The SMILES string of the molecule is CCOC=O.CN1CC[C@H](N2CCC(Nc3cc(C(F)(F)F)ccc3N)CC2)C1. The number of benzene rings is 1. The summed E-state index contributed by atoms with van der Waals surface area (Å²) in [5.41, 5.74) is 5.94. The van der Waals surface area contributed by atoms with Gasteiger partial charge < -0.3 is 20.7 Å². The van der Waals surface area contributed by atoms with Crippen LogP contribution in [0, 0.1) is 0 Å². The molecule has 3 rings (SSSR count). The Morgan fingerprint density at radius 1 is 1.24 bits per heavy atom. The summed E-state index contributed by atoms with van der Waals surface area (Å²) in [6.45, 7) is 6.88. The average Bonchev–Trinajstić information content (AvgIpc) is 3.11. The van der Waals surface area contributed by atoms with Crippen molar-refractivity contribution in [3.8, 4) is 0 Å². The largest absolute Gasteiger partial charge is 0.468 e. The van der Waals surface area contributed by atoms with E-state index in [4.69, 9.17) is 5.73 Å². The van der Waals surface area contributed by atoms with E-state index in [-0.39, 0.29) is 6.04 Å². The van der Waals surface area contributed by atoms with Gasteiger partial charge in [0.05, 0.1) is 23.5 Å². The molecule has 2 aliphatic rings. The van der Waals surface area contributed by atoms with Gasteiger partial charge in [0.1, 0.15) is 0 Å². The van der Waals surface area contributed by atoms with E-state index in [9.17, 15) is 18.0 Å². The number of hydrogen-bond donors (Lipinski definition) is 2. The number of hydrogen-bond acceptors (Lipinski definition) is 6. The zero-order chi connectivity index (χ0) is 21.4. The number of piperidine rings is 1. The molecule has 2 aliphatic heterocycles. The number of nitrogens with two attached hydrogens (primary N) is 1. The van der Waals surface area contributed by atoms with Gasteiger partial charge in [0, 0.05) is 31.7 Å². The molecule has 0 amide bonds. The predicted molar refractivity (Wildman–Crippen MR) is 108 cm³/mol. The molecule has 0 radical (unpaired) electrons. The number of likely N-dealkylation sites (N-methyl/N-ethyl adjacent to an activating group) is 1. The molecule has 2 fully saturated rings. The molecular weight excluding hydrogens is 385 g/mol. The van der Waals surface area contributed by atoms with Crippen molar-refractivity contribution in [2.24, 2.45) is 0 Å². The predicted octanol–water partition coefficient (Wildman–Crippen LogP) is 3.05. The zero-order valence-electron chi connectivity index (χ0n) is 17.0. The topological polar surface area (TPSA) is 70.8 Å². The minimum Gasteiger partial charge on any atom is -0.468 e. The number of halogens is 3. The Balaban J connectivity index is 0.000000537. The molecule has 9 heteroatoms. The van der Waals surface area contributed by atoms with Gasteiger partial charge in [-0.3, -0.25) is 9.69 Å². The second kappa shape index (κ2) is 10.7. The van der Waals surface area contributed by atoms with Crippen LogP contribution in [0.3, 0.4) is 0 Å². The summed E-state index contributed by atoms with van der Waals surface area (Å²) >= 11 is 0. The van der Waals surface area contributed by atoms with Crippen molar-refractivity contribution in [2.45, 2.75) is 44.4 Å². The molecule has 1 aromatic rings. The molecule has 3 N–H and O–H groups in total. The maximum Gasteiger partial charge on any atom is 0.416 e. The number of nitrogen functional groups attached to an aromatic ring is 1. The maximum atomic E-state index is 12.9. The van der Waals surface area contributed by atoms with Crippen LogP contribution in [0.5, 0.6) is 0 Å². The van der Waals surface area contributed by atoms with Crippen LogP contribution in [0.1, 0.15) is 31.7 Å². The fraction of sp³-hybridized carbons (Fsp3) is 0.650. The van der Waals surface area contributed by atoms with Gasteiger partial charge in [-0.15, -0.1) is 0 Å². The molecule has 1 aromatic carbocycles. The average molecular weight is 416 g/mol. The van der Waals surface area contributed by atoms with Gasteiger partial charge in [-0.2, -0.15) is 13.2 Å². The Bertz CT molecular complexity index is 649. The molecule has 2 heterocycles. The van der Waals surface area contributed by atoms with Gasteiger partial charge in [-0.05, 0) is 58.0 Å². The molecule has 0 aromatic heterocycles. The highest BCUT2D eigenvalue weighted by Gasteiger charge is 2.32. The van der Waals surface area contributed by atoms with E-state index in [0.29, 0.717) is 30.5 Å². The number of anilines is 2. The number of nitrogens with one attached hydrogen (secondary N) is 1. The van der Waals surface area contributed by atoms with Crippen LogP contribution in [0.25, 0.3) is 0 Å². The summed E-state index contributed by atoms with van der Waals surface area (Å²) in [6.07, 6.45) is -1.29. The van der Waals surface area contributed by atoms with E-state index in [1.54, 1.807) is 6.92 Å². The molecule has 29 heavy (non-hydrogen) atoms. The normalized spacial score (nSPS) is 21.3. The van der Waals surface area contributed by atoms with Gasteiger partial charge in [-0.1, -0.05) is 0 Å². The lowest BCUT2D eigenvalue weighted by molar-refractivity contribution is -0.137. The third-order valence-electron chi connectivity index (χ3n) is 5.39. The van der Waals surface area contributed by atoms with Gasteiger partial charge in [0.15, 0.2) is 0 Å². The second-order valence-corrected chi connectivity index (χ2v) is 7.51. The van der Waals surface area contributed by atoms with Crippen LogP contribution in [0.4, 0.5) is 24.5 Å².